The Kier molecular flexibility index (Phi) is 3.90. The Bertz CT molecular complexity index is 682. The van der Waals surface area contributed by atoms with Crippen molar-refractivity contribution in [3.05, 3.63) is 34.8 Å². The van der Waals surface area contributed by atoms with Gasteiger partial charge in [-0.1, -0.05) is 0 Å². The SMILES string of the molecule is Cn1ccnc1CN1CC2CCC(C1)N(Cc1cscn1)C2=O. The summed E-state index contributed by atoms with van der Waals surface area (Å²) in [5.41, 5.74) is 2.84. The predicted molar refractivity (Wildman–Crippen MR) is 87.7 cm³/mol. The molecule has 0 radical (unpaired) electrons. The molecule has 23 heavy (non-hydrogen) atoms. The molecule has 1 amide bonds. The summed E-state index contributed by atoms with van der Waals surface area (Å²) in [4.78, 5) is 26.0. The highest BCUT2D eigenvalue weighted by molar-refractivity contribution is 7.07. The normalized spacial score (nSPS) is 25.1. The van der Waals surface area contributed by atoms with Gasteiger partial charge < -0.3 is 9.47 Å². The number of aryl methyl sites for hydroxylation is 1. The van der Waals surface area contributed by atoms with Crippen molar-refractivity contribution < 1.29 is 4.79 Å². The molecule has 2 aromatic heterocycles. The first kappa shape index (κ1) is 14.8. The maximum atomic E-state index is 12.8. The van der Waals surface area contributed by atoms with Crippen LogP contribution in [0.5, 0.6) is 0 Å². The molecule has 2 bridgehead atoms. The van der Waals surface area contributed by atoms with E-state index in [-0.39, 0.29) is 5.92 Å². The molecule has 3 fully saturated rings. The third-order valence-electron chi connectivity index (χ3n) is 4.97. The molecule has 7 heteroatoms. The first-order chi connectivity index (χ1) is 11.2. The lowest BCUT2D eigenvalue weighted by molar-refractivity contribution is -0.140. The van der Waals surface area contributed by atoms with Gasteiger partial charge in [0.25, 0.3) is 0 Å². The smallest absolute Gasteiger partial charge is 0.227 e. The largest absolute Gasteiger partial charge is 0.337 e. The lowest BCUT2D eigenvalue weighted by atomic mass is 9.94. The summed E-state index contributed by atoms with van der Waals surface area (Å²) < 4.78 is 2.06. The molecule has 5 heterocycles. The monoisotopic (exact) mass is 331 g/mol. The molecule has 5 rings (SSSR count). The van der Waals surface area contributed by atoms with Crippen molar-refractivity contribution in [3.63, 3.8) is 0 Å². The minimum Gasteiger partial charge on any atom is -0.337 e. The van der Waals surface area contributed by atoms with Crippen molar-refractivity contribution >= 4 is 17.2 Å². The summed E-state index contributed by atoms with van der Waals surface area (Å²) in [6.45, 7) is 3.24. The van der Waals surface area contributed by atoms with Crippen LogP contribution in [0.15, 0.2) is 23.3 Å². The second kappa shape index (κ2) is 6.05. The van der Waals surface area contributed by atoms with Gasteiger partial charge in [-0.3, -0.25) is 9.69 Å². The van der Waals surface area contributed by atoms with Crippen molar-refractivity contribution in [3.8, 4) is 0 Å². The number of nitrogens with zero attached hydrogens (tertiary/aromatic N) is 5. The molecule has 0 aliphatic carbocycles. The number of fused-ring (bicyclic) bond motifs is 4. The summed E-state index contributed by atoms with van der Waals surface area (Å²) in [6.07, 6.45) is 5.91. The lowest BCUT2D eigenvalue weighted by Crippen LogP contribution is -2.47. The molecule has 2 atom stereocenters. The predicted octanol–water partition coefficient (Wildman–Crippen LogP) is 1.50. The number of aromatic nitrogens is 3. The average Bonchev–Trinajstić information content (AvgIpc) is 3.10. The number of hydrogen-bond donors (Lipinski definition) is 0. The first-order valence-corrected chi connectivity index (χ1v) is 9.01. The van der Waals surface area contributed by atoms with E-state index in [1.807, 2.05) is 30.3 Å². The number of rotatable bonds is 4. The van der Waals surface area contributed by atoms with E-state index in [0.717, 1.165) is 44.0 Å². The van der Waals surface area contributed by atoms with Gasteiger partial charge in [-0.25, -0.2) is 9.97 Å². The van der Waals surface area contributed by atoms with E-state index in [1.54, 1.807) is 11.3 Å². The Morgan fingerprint density at radius 2 is 2.17 bits per heavy atom. The standard InChI is InChI=1S/C16H21N5OS/c1-19-5-4-17-15(19)9-20-6-12-2-3-14(8-20)21(16(12)22)7-13-10-23-11-18-13/h4-5,10-12,14H,2-3,6-9H2,1H3. The Balaban J connectivity index is 1.51. The van der Waals surface area contributed by atoms with E-state index in [0.29, 0.717) is 18.5 Å². The molecule has 0 N–H and O–H groups in total. The zero-order chi connectivity index (χ0) is 15.8. The Labute approximate surface area is 139 Å². The van der Waals surface area contributed by atoms with Crippen LogP contribution in [0, 0.1) is 5.92 Å². The van der Waals surface area contributed by atoms with Gasteiger partial charge in [-0.15, -0.1) is 11.3 Å². The van der Waals surface area contributed by atoms with Crippen LogP contribution in [0.2, 0.25) is 0 Å². The molecular formula is C16H21N5OS. The van der Waals surface area contributed by atoms with Crippen LogP contribution >= 0.6 is 11.3 Å². The fraction of sp³-hybridized carbons (Fsp3) is 0.562. The lowest BCUT2D eigenvalue weighted by Gasteiger charge is -2.35. The van der Waals surface area contributed by atoms with Crippen LogP contribution in [0.3, 0.4) is 0 Å². The molecule has 2 aromatic rings. The van der Waals surface area contributed by atoms with Crippen molar-refractivity contribution in [2.75, 3.05) is 13.1 Å². The third-order valence-corrected chi connectivity index (χ3v) is 5.61. The van der Waals surface area contributed by atoms with Crippen LogP contribution in [-0.4, -0.2) is 49.4 Å². The molecule has 2 unspecified atom stereocenters. The van der Waals surface area contributed by atoms with E-state index in [4.69, 9.17) is 0 Å². The Morgan fingerprint density at radius 1 is 1.26 bits per heavy atom. The summed E-state index contributed by atoms with van der Waals surface area (Å²) in [6, 6.07) is 0.295. The van der Waals surface area contributed by atoms with Gasteiger partial charge in [0.2, 0.25) is 5.91 Å². The van der Waals surface area contributed by atoms with E-state index in [1.165, 1.54) is 0 Å². The van der Waals surface area contributed by atoms with Gasteiger partial charge in [-0.05, 0) is 12.8 Å². The van der Waals surface area contributed by atoms with Gasteiger partial charge in [0.1, 0.15) is 5.82 Å². The van der Waals surface area contributed by atoms with Crippen LogP contribution in [0.25, 0.3) is 0 Å². The number of imidazole rings is 1. The van der Waals surface area contributed by atoms with Gasteiger partial charge in [0, 0.05) is 44.0 Å². The van der Waals surface area contributed by atoms with E-state index in [9.17, 15) is 4.79 Å². The van der Waals surface area contributed by atoms with Crippen molar-refractivity contribution in [2.45, 2.75) is 32.0 Å². The van der Waals surface area contributed by atoms with Crippen LogP contribution in [0.4, 0.5) is 0 Å². The zero-order valence-electron chi connectivity index (χ0n) is 13.3. The highest BCUT2D eigenvalue weighted by Gasteiger charge is 2.40. The highest BCUT2D eigenvalue weighted by atomic mass is 32.1. The molecule has 3 aliphatic heterocycles. The fourth-order valence-corrected chi connectivity index (χ4v) is 4.26. The van der Waals surface area contributed by atoms with Gasteiger partial charge in [0.05, 0.1) is 30.2 Å². The average molecular weight is 331 g/mol. The molecule has 0 saturated carbocycles. The minimum atomic E-state index is 0.118. The molecule has 0 spiro atoms. The molecule has 0 aromatic carbocycles. The quantitative estimate of drug-likeness (QED) is 0.852. The number of hydrogen-bond acceptors (Lipinski definition) is 5. The summed E-state index contributed by atoms with van der Waals surface area (Å²) in [7, 11) is 2.02. The van der Waals surface area contributed by atoms with Crippen LogP contribution in [0.1, 0.15) is 24.4 Å². The topological polar surface area (TPSA) is 54.3 Å². The second-order valence-corrected chi connectivity index (χ2v) is 7.24. The number of piperidine rings is 1. The van der Waals surface area contributed by atoms with E-state index >= 15 is 0 Å². The zero-order valence-corrected chi connectivity index (χ0v) is 14.1. The molecule has 6 nitrogen and oxygen atoms in total. The summed E-state index contributed by atoms with van der Waals surface area (Å²) in [5.74, 6) is 1.48. The van der Waals surface area contributed by atoms with Crippen LogP contribution in [-0.2, 0) is 24.9 Å². The first-order valence-electron chi connectivity index (χ1n) is 8.07. The van der Waals surface area contributed by atoms with E-state index < -0.39 is 0 Å². The Hall–Kier alpha value is -1.73. The molecule has 122 valence electrons. The Morgan fingerprint density at radius 3 is 2.91 bits per heavy atom. The number of amides is 1. The minimum absolute atomic E-state index is 0.118. The summed E-state index contributed by atoms with van der Waals surface area (Å²) >= 11 is 1.59. The number of thiazole rings is 1. The van der Waals surface area contributed by atoms with Crippen molar-refractivity contribution in [2.24, 2.45) is 13.0 Å². The second-order valence-electron chi connectivity index (χ2n) is 6.52. The molecule has 3 aliphatic rings. The van der Waals surface area contributed by atoms with Gasteiger partial charge in [0.15, 0.2) is 0 Å². The van der Waals surface area contributed by atoms with E-state index in [2.05, 4.69) is 24.3 Å². The maximum Gasteiger partial charge on any atom is 0.227 e. The van der Waals surface area contributed by atoms with Gasteiger partial charge >= 0.3 is 0 Å². The van der Waals surface area contributed by atoms with Crippen molar-refractivity contribution in [1.29, 1.82) is 0 Å². The number of carbonyl (C=O) groups is 1. The third kappa shape index (κ3) is 2.90. The summed E-state index contributed by atoms with van der Waals surface area (Å²) in [5, 5.41) is 2.04. The van der Waals surface area contributed by atoms with Gasteiger partial charge in [-0.2, -0.15) is 0 Å². The fourth-order valence-electron chi connectivity index (χ4n) is 3.71. The maximum absolute atomic E-state index is 12.8. The molecular weight excluding hydrogens is 310 g/mol. The van der Waals surface area contributed by atoms with Crippen molar-refractivity contribution in [1.82, 2.24) is 24.3 Å². The highest BCUT2D eigenvalue weighted by Crippen LogP contribution is 2.30. The number of carbonyl (C=O) groups excluding carboxylic acids is 1. The van der Waals surface area contributed by atoms with Crippen LogP contribution < -0.4 is 0 Å². The molecule has 3 saturated heterocycles.